The molecule has 0 aliphatic carbocycles. The summed E-state index contributed by atoms with van der Waals surface area (Å²) in [5.41, 5.74) is 1.45. The molecule has 1 saturated heterocycles. The van der Waals surface area contributed by atoms with E-state index in [1.54, 1.807) is 11.8 Å². The number of benzene rings is 1. The van der Waals surface area contributed by atoms with Gasteiger partial charge in [-0.25, -0.2) is 0 Å². The number of nitrogens with zero attached hydrogens (tertiary/aromatic N) is 1. The van der Waals surface area contributed by atoms with Gasteiger partial charge < -0.3 is 15.5 Å². The molecule has 0 saturated carbocycles. The zero-order valence-electron chi connectivity index (χ0n) is 14.5. The van der Waals surface area contributed by atoms with Crippen LogP contribution in [0.2, 0.25) is 0 Å². The zero-order valence-corrected chi connectivity index (χ0v) is 16.2. The third-order valence-corrected chi connectivity index (χ3v) is 5.87. The van der Waals surface area contributed by atoms with Gasteiger partial charge in [0, 0.05) is 35.7 Å². The molecule has 25 heavy (non-hydrogen) atoms. The van der Waals surface area contributed by atoms with Crippen LogP contribution < -0.4 is 10.6 Å². The van der Waals surface area contributed by atoms with E-state index in [0.717, 1.165) is 48.8 Å². The fourth-order valence-corrected chi connectivity index (χ4v) is 4.25. The molecule has 2 amide bonds. The van der Waals surface area contributed by atoms with E-state index in [1.807, 2.05) is 30.1 Å². The fraction of sp³-hybridized carbons (Fsp3) is 0.556. The van der Waals surface area contributed by atoms with E-state index in [0.29, 0.717) is 17.9 Å². The van der Waals surface area contributed by atoms with Gasteiger partial charge in [0.1, 0.15) is 0 Å². The van der Waals surface area contributed by atoms with E-state index >= 15 is 0 Å². The third-order valence-electron chi connectivity index (χ3n) is 4.79. The molecule has 3 rings (SSSR count). The number of hydrogen-bond donors (Lipinski definition) is 2. The van der Waals surface area contributed by atoms with Crippen molar-refractivity contribution in [2.24, 2.45) is 5.92 Å². The van der Waals surface area contributed by atoms with Crippen molar-refractivity contribution in [3.63, 3.8) is 0 Å². The number of piperidine rings is 1. The van der Waals surface area contributed by atoms with Crippen molar-refractivity contribution in [1.29, 1.82) is 0 Å². The molecule has 0 atom stereocenters. The lowest BCUT2D eigenvalue weighted by molar-refractivity contribution is -0.115. The molecule has 1 fully saturated rings. The van der Waals surface area contributed by atoms with Crippen molar-refractivity contribution < 1.29 is 9.59 Å². The molecule has 2 N–H and O–H groups in total. The van der Waals surface area contributed by atoms with Crippen LogP contribution in [0, 0.1) is 5.92 Å². The fourth-order valence-electron chi connectivity index (χ4n) is 3.31. The molecular weight excluding hydrogens is 358 g/mol. The van der Waals surface area contributed by atoms with E-state index in [-0.39, 0.29) is 24.2 Å². The lowest BCUT2D eigenvalue weighted by Crippen LogP contribution is -2.39. The number of likely N-dealkylation sites (tertiary alicyclic amines) is 1. The number of anilines is 1. The molecule has 1 aromatic rings. The molecule has 0 bridgehead atoms. The highest BCUT2D eigenvalue weighted by Gasteiger charge is 2.24. The summed E-state index contributed by atoms with van der Waals surface area (Å²) in [6.45, 7) is 2.69. The minimum Gasteiger partial charge on any atom is -0.339 e. The molecule has 1 aromatic carbocycles. The van der Waals surface area contributed by atoms with Crippen LogP contribution in [0.5, 0.6) is 0 Å². The maximum atomic E-state index is 12.8. The molecule has 0 unspecified atom stereocenters. The Morgan fingerprint density at radius 2 is 2.12 bits per heavy atom. The first-order chi connectivity index (χ1) is 11.7. The number of fused-ring (bicyclic) bond motifs is 1. The minimum absolute atomic E-state index is 0. The van der Waals surface area contributed by atoms with Gasteiger partial charge in [-0.1, -0.05) is 0 Å². The maximum Gasteiger partial charge on any atom is 0.253 e. The van der Waals surface area contributed by atoms with E-state index in [2.05, 4.69) is 10.6 Å². The third kappa shape index (κ3) is 5.12. The number of carbonyl (C=O) groups excluding carboxylic acids is 2. The summed E-state index contributed by atoms with van der Waals surface area (Å²) in [6, 6.07) is 5.68. The van der Waals surface area contributed by atoms with Crippen LogP contribution in [0.15, 0.2) is 23.1 Å². The number of nitrogens with one attached hydrogen (secondary N) is 2. The Balaban J connectivity index is 0.00000225. The van der Waals surface area contributed by atoms with Gasteiger partial charge in [0.25, 0.3) is 5.91 Å². The van der Waals surface area contributed by atoms with Crippen molar-refractivity contribution in [1.82, 2.24) is 10.2 Å². The van der Waals surface area contributed by atoms with E-state index < -0.39 is 0 Å². The van der Waals surface area contributed by atoms with Crippen molar-refractivity contribution in [3.8, 4) is 0 Å². The molecule has 2 aliphatic heterocycles. The lowest BCUT2D eigenvalue weighted by Gasteiger charge is -2.32. The highest BCUT2D eigenvalue weighted by Crippen LogP contribution is 2.32. The zero-order chi connectivity index (χ0) is 16.9. The van der Waals surface area contributed by atoms with Gasteiger partial charge in [0.05, 0.1) is 5.69 Å². The SMILES string of the molecule is CNCCC1CCN(C(=O)c2ccc3c(c2)NC(=O)CCS3)CC1.Cl. The average molecular weight is 384 g/mol. The number of hydrogen-bond acceptors (Lipinski definition) is 4. The Labute approximate surface area is 159 Å². The summed E-state index contributed by atoms with van der Waals surface area (Å²) >= 11 is 1.66. The lowest BCUT2D eigenvalue weighted by atomic mass is 9.93. The smallest absolute Gasteiger partial charge is 0.253 e. The van der Waals surface area contributed by atoms with Crippen molar-refractivity contribution in [2.75, 3.05) is 37.8 Å². The van der Waals surface area contributed by atoms with E-state index in [9.17, 15) is 9.59 Å². The first-order valence-electron chi connectivity index (χ1n) is 8.68. The largest absolute Gasteiger partial charge is 0.339 e. The molecule has 138 valence electrons. The van der Waals surface area contributed by atoms with Gasteiger partial charge in [-0.3, -0.25) is 9.59 Å². The van der Waals surface area contributed by atoms with Gasteiger partial charge in [-0.2, -0.15) is 0 Å². The van der Waals surface area contributed by atoms with Crippen LogP contribution in [0.4, 0.5) is 5.69 Å². The number of halogens is 1. The Morgan fingerprint density at radius 3 is 2.84 bits per heavy atom. The molecule has 0 spiro atoms. The quantitative estimate of drug-likeness (QED) is 0.839. The Hall–Kier alpha value is -1.24. The summed E-state index contributed by atoms with van der Waals surface area (Å²) in [5, 5.41) is 6.11. The van der Waals surface area contributed by atoms with Crippen molar-refractivity contribution >= 4 is 41.7 Å². The number of thioether (sulfide) groups is 1. The topological polar surface area (TPSA) is 61.4 Å². The monoisotopic (exact) mass is 383 g/mol. The van der Waals surface area contributed by atoms with E-state index in [4.69, 9.17) is 0 Å². The van der Waals surface area contributed by atoms with Crippen molar-refractivity contribution in [3.05, 3.63) is 23.8 Å². The second-order valence-electron chi connectivity index (χ2n) is 6.49. The first-order valence-corrected chi connectivity index (χ1v) is 9.66. The number of amides is 2. The van der Waals surface area contributed by atoms with E-state index in [1.165, 1.54) is 6.42 Å². The second kappa shape index (κ2) is 9.46. The minimum atomic E-state index is 0. The summed E-state index contributed by atoms with van der Waals surface area (Å²) in [5.74, 6) is 1.60. The van der Waals surface area contributed by atoms with Crippen LogP contribution in [-0.4, -0.2) is 49.1 Å². The molecule has 0 radical (unpaired) electrons. The summed E-state index contributed by atoms with van der Waals surface area (Å²) in [4.78, 5) is 27.5. The molecule has 5 nitrogen and oxygen atoms in total. The average Bonchev–Trinajstić information content (AvgIpc) is 2.79. The summed E-state index contributed by atoms with van der Waals surface area (Å²) < 4.78 is 0. The molecule has 2 heterocycles. The molecular formula is C18H26ClN3O2S. The van der Waals surface area contributed by atoms with Crippen LogP contribution in [0.3, 0.4) is 0 Å². The van der Waals surface area contributed by atoms with Crippen LogP contribution in [0.1, 0.15) is 36.0 Å². The van der Waals surface area contributed by atoms with Crippen LogP contribution in [0.25, 0.3) is 0 Å². The molecule has 2 aliphatic rings. The van der Waals surface area contributed by atoms with Gasteiger partial charge in [-0.15, -0.1) is 24.2 Å². The Kier molecular flexibility index (Phi) is 7.59. The van der Waals surface area contributed by atoms with Gasteiger partial charge in [0.2, 0.25) is 5.91 Å². The first kappa shape index (κ1) is 20.1. The predicted molar refractivity (Wildman–Crippen MR) is 105 cm³/mol. The van der Waals surface area contributed by atoms with Crippen LogP contribution in [-0.2, 0) is 4.79 Å². The van der Waals surface area contributed by atoms with Gasteiger partial charge >= 0.3 is 0 Å². The number of carbonyl (C=O) groups is 2. The maximum absolute atomic E-state index is 12.8. The van der Waals surface area contributed by atoms with Gasteiger partial charge in [0.15, 0.2) is 0 Å². The van der Waals surface area contributed by atoms with Gasteiger partial charge in [-0.05, 0) is 57.0 Å². The normalized spacial score (nSPS) is 18.0. The van der Waals surface area contributed by atoms with Crippen LogP contribution >= 0.6 is 24.2 Å². The summed E-state index contributed by atoms with van der Waals surface area (Å²) in [7, 11) is 1.98. The number of rotatable bonds is 4. The standard InChI is InChI=1S/C18H25N3O2S.ClH/c1-19-8-4-13-5-9-21(10-6-13)18(23)14-2-3-16-15(12-14)20-17(22)7-11-24-16;/h2-3,12-13,19H,4-11H2,1H3,(H,20,22);1H. The van der Waals surface area contributed by atoms with Crippen molar-refractivity contribution in [2.45, 2.75) is 30.6 Å². The Bertz CT molecular complexity index is 618. The Morgan fingerprint density at radius 1 is 1.36 bits per heavy atom. The second-order valence-corrected chi connectivity index (χ2v) is 7.62. The predicted octanol–water partition coefficient (Wildman–Crippen LogP) is 3.00. The summed E-state index contributed by atoms with van der Waals surface area (Å²) in [6.07, 6.45) is 3.85. The molecule has 0 aromatic heterocycles. The highest BCUT2D eigenvalue weighted by molar-refractivity contribution is 7.99. The molecule has 7 heteroatoms. The highest BCUT2D eigenvalue weighted by atomic mass is 35.5.